The zero-order chi connectivity index (χ0) is 14.3. The van der Waals surface area contributed by atoms with Crippen LogP contribution in [0.5, 0.6) is 0 Å². The van der Waals surface area contributed by atoms with Crippen LogP contribution < -0.4 is 10.6 Å². The van der Waals surface area contributed by atoms with Gasteiger partial charge in [0.05, 0.1) is 0 Å². The molecule has 0 amide bonds. The minimum Gasteiger partial charge on any atom is -0.355 e. The second-order valence-electron chi connectivity index (χ2n) is 5.14. The minimum atomic E-state index is 1.14. The highest BCUT2D eigenvalue weighted by Crippen LogP contribution is 2.23. The lowest BCUT2D eigenvalue weighted by Gasteiger charge is -2.11. The van der Waals surface area contributed by atoms with Gasteiger partial charge in [-0.05, 0) is 17.7 Å². The summed E-state index contributed by atoms with van der Waals surface area (Å²) in [5.41, 5.74) is 3.60. The van der Waals surface area contributed by atoms with E-state index in [-0.39, 0.29) is 0 Å². The molecule has 0 radical (unpaired) electrons. The summed E-state index contributed by atoms with van der Waals surface area (Å²) in [6, 6.07) is 20.9. The maximum Gasteiger partial charge on any atom is 0.0464 e. The summed E-state index contributed by atoms with van der Waals surface area (Å²) in [5.74, 6) is 0. The van der Waals surface area contributed by atoms with Crippen LogP contribution in [-0.4, -0.2) is 31.2 Å². The maximum absolute atomic E-state index is 3.41. The van der Waals surface area contributed by atoms with Crippen LogP contribution in [0.4, 0.5) is 0 Å². The predicted octanol–water partition coefficient (Wildman–Crippen LogP) is 3.01. The van der Waals surface area contributed by atoms with Gasteiger partial charge in [-0.15, -0.1) is 0 Å². The molecule has 2 heterocycles. The van der Waals surface area contributed by atoms with Crippen LogP contribution in [0.1, 0.15) is 0 Å². The molecule has 3 heteroatoms. The van der Waals surface area contributed by atoms with Gasteiger partial charge < -0.3 is 15.6 Å². The average Bonchev–Trinajstić information content (AvgIpc) is 3.02. The summed E-state index contributed by atoms with van der Waals surface area (Å²) < 4.78 is 0. The molecule has 2 aromatic carbocycles. The number of benzene rings is 2. The third-order valence-electron chi connectivity index (χ3n) is 3.57. The van der Waals surface area contributed by atoms with Crippen molar-refractivity contribution in [1.82, 2.24) is 15.6 Å². The van der Waals surface area contributed by atoms with Gasteiger partial charge in [0.25, 0.3) is 0 Å². The van der Waals surface area contributed by atoms with E-state index in [4.69, 9.17) is 0 Å². The number of H-pyrrole nitrogens is 1. The molecule has 0 bridgehead atoms. The SMILES string of the molecule is C1CNCCN1.c1ccc(-c2cc3ccccc3[nH]2)cc1. The molecule has 4 rings (SSSR count). The zero-order valence-electron chi connectivity index (χ0n) is 12.1. The number of rotatable bonds is 1. The number of para-hydroxylation sites is 1. The smallest absolute Gasteiger partial charge is 0.0464 e. The second-order valence-corrected chi connectivity index (χ2v) is 5.14. The van der Waals surface area contributed by atoms with Crippen LogP contribution >= 0.6 is 0 Å². The summed E-state index contributed by atoms with van der Waals surface area (Å²) >= 11 is 0. The molecule has 108 valence electrons. The fraction of sp³-hybridized carbons (Fsp3) is 0.222. The van der Waals surface area contributed by atoms with Crippen molar-refractivity contribution in [2.45, 2.75) is 0 Å². The van der Waals surface area contributed by atoms with Gasteiger partial charge in [0.1, 0.15) is 0 Å². The fourth-order valence-corrected chi connectivity index (χ4v) is 2.45. The lowest BCUT2D eigenvalue weighted by Crippen LogP contribution is -2.39. The first-order valence-corrected chi connectivity index (χ1v) is 7.48. The summed E-state index contributed by atoms with van der Waals surface area (Å²) in [6.45, 7) is 4.56. The van der Waals surface area contributed by atoms with Crippen LogP contribution in [0.15, 0.2) is 60.7 Å². The molecule has 1 aromatic heterocycles. The Bertz CT molecular complexity index is 624. The van der Waals surface area contributed by atoms with Crippen molar-refractivity contribution in [3.8, 4) is 11.3 Å². The van der Waals surface area contributed by atoms with E-state index >= 15 is 0 Å². The fourth-order valence-electron chi connectivity index (χ4n) is 2.45. The van der Waals surface area contributed by atoms with Crippen molar-refractivity contribution in [2.75, 3.05) is 26.2 Å². The topological polar surface area (TPSA) is 39.8 Å². The molecule has 0 aliphatic carbocycles. The normalized spacial score (nSPS) is 14.5. The van der Waals surface area contributed by atoms with Gasteiger partial charge >= 0.3 is 0 Å². The third kappa shape index (κ3) is 3.72. The van der Waals surface area contributed by atoms with Crippen molar-refractivity contribution in [1.29, 1.82) is 0 Å². The maximum atomic E-state index is 3.41. The number of nitrogens with one attached hydrogen (secondary N) is 3. The summed E-state index contributed by atoms with van der Waals surface area (Å²) in [6.07, 6.45) is 0. The van der Waals surface area contributed by atoms with Gasteiger partial charge in [0.2, 0.25) is 0 Å². The molecule has 0 spiro atoms. The standard InChI is InChI=1S/C14H11N.C4H10N2/c1-2-6-11(7-3-1)14-10-12-8-4-5-9-13(12)15-14;1-2-6-4-3-5-1/h1-10,15H;5-6H,1-4H2. The van der Waals surface area contributed by atoms with Crippen LogP contribution in [-0.2, 0) is 0 Å². The van der Waals surface area contributed by atoms with Crippen LogP contribution in [0, 0.1) is 0 Å². The molecule has 1 aliphatic heterocycles. The number of hydrogen-bond acceptors (Lipinski definition) is 2. The second kappa shape index (κ2) is 7.07. The van der Waals surface area contributed by atoms with Gasteiger partial charge in [0.15, 0.2) is 0 Å². The molecule has 3 aromatic rings. The van der Waals surface area contributed by atoms with Crippen LogP contribution in [0.3, 0.4) is 0 Å². The molecule has 1 saturated heterocycles. The molecular weight excluding hydrogens is 258 g/mol. The number of hydrogen-bond donors (Lipinski definition) is 3. The predicted molar refractivity (Wildman–Crippen MR) is 89.5 cm³/mol. The Morgan fingerprint density at radius 2 is 1.29 bits per heavy atom. The van der Waals surface area contributed by atoms with E-state index < -0.39 is 0 Å². The van der Waals surface area contributed by atoms with Gasteiger partial charge in [-0.1, -0.05) is 48.5 Å². The molecule has 1 aliphatic rings. The Kier molecular flexibility index (Phi) is 4.66. The van der Waals surface area contributed by atoms with E-state index in [2.05, 4.69) is 64.1 Å². The lowest BCUT2D eigenvalue weighted by atomic mass is 10.1. The van der Waals surface area contributed by atoms with Gasteiger partial charge in [-0.3, -0.25) is 0 Å². The van der Waals surface area contributed by atoms with E-state index in [1.165, 1.54) is 22.2 Å². The molecule has 0 saturated carbocycles. The van der Waals surface area contributed by atoms with Crippen molar-refractivity contribution < 1.29 is 0 Å². The highest BCUT2D eigenvalue weighted by molar-refractivity contribution is 5.85. The van der Waals surface area contributed by atoms with Crippen LogP contribution in [0.2, 0.25) is 0 Å². The Morgan fingerprint density at radius 1 is 0.667 bits per heavy atom. The summed E-state index contributed by atoms with van der Waals surface area (Å²) in [7, 11) is 0. The van der Waals surface area contributed by atoms with E-state index in [0.29, 0.717) is 0 Å². The molecule has 21 heavy (non-hydrogen) atoms. The Balaban J connectivity index is 0.000000186. The van der Waals surface area contributed by atoms with Gasteiger partial charge in [-0.2, -0.15) is 0 Å². The van der Waals surface area contributed by atoms with Crippen molar-refractivity contribution in [3.63, 3.8) is 0 Å². The van der Waals surface area contributed by atoms with Gasteiger partial charge in [0, 0.05) is 42.8 Å². The quantitative estimate of drug-likeness (QED) is 0.641. The summed E-state index contributed by atoms with van der Waals surface area (Å²) in [4.78, 5) is 3.41. The largest absolute Gasteiger partial charge is 0.355 e. The van der Waals surface area contributed by atoms with Crippen LogP contribution in [0.25, 0.3) is 22.2 Å². The van der Waals surface area contributed by atoms with E-state index in [1.807, 2.05) is 12.1 Å². The molecule has 3 N–H and O–H groups in total. The molecule has 0 unspecified atom stereocenters. The highest BCUT2D eigenvalue weighted by Gasteiger charge is 2.00. The van der Waals surface area contributed by atoms with Crippen molar-refractivity contribution >= 4 is 10.9 Å². The van der Waals surface area contributed by atoms with Crippen molar-refractivity contribution in [3.05, 3.63) is 60.7 Å². The number of aromatic nitrogens is 1. The molecule has 3 nitrogen and oxygen atoms in total. The van der Waals surface area contributed by atoms with E-state index in [0.717, 1.165) is 26.2 Å². The number of aromatic amines is 1. The zero-order valence-corrected chi connectivity index (χ0v) is 12.1. The van der Waals surface area contributed by atoms with Gasteiger partial charge in [-0.25, -0.2) is 0 Å². The monoisotopic (exact) mass is 279 g/mol. The highest BCUT2D eigenvalue weighted by atomic mass is 15.0. The first kappa shape index (κ1) is 13.9. The molecule has 0 atom stereocenters. The first-order chi connectivity index (χ1) is 10.4. The number of fused-ring (bicyclic) bond motifs is 1. The molecular formula is C18H21N3. The lowest BCUT2D eigenvalue weighted by molar-refractivity contribution is 0.534. The minimum absolute atomic E-state index is 1.14. The van der Waals surface area contributed by atoms with Crippen molar-refractivity contribution in [2.24, 2.45) is 0 Å². The Hall–Kier alpha value is -2.10. The third-order valence-corrected chi connectivity index (χ3v) is 3.57. The Labute approximate surface area is 125 Å². The molecule has 1 fully saturated rings. The average molecular weight is 279 g/mol. The summed E-state index contributed by atoms with van der Waals surface area (Å²) in [5, 5.41) is 7.70. The first-order valence-electron chi connectivity index (χ1n) is 7.48. The van der Waals surface area contributed by atoms with E-state index in [9.17, 15) is 0 Å². The Morgan fingerprint density at radius 3 is 1.90 bits per heavy atom. The van der Waals surface area contributed by atoms with E-state index in [1.54, 1.807) is 0 Å². The number of piperazine rings is 1.